The predicted molar refractivity (Wildman–Crippen MR) is 120 cm³/mol. The number of aryl methyl sites for hydroxylation is 2. The third kappa shape index (κ3) is 5.62. The van der Waals surface area contributed by atoms with Crippen LogP contribution in [0.4, 0.5) is 0 Å². The van der Waals surface area contributed by atoms with Gasteiger partial charge in [0.1, 0.15) is 5.03 Å². The van der Waals surface area contributed by atoms with Crippen LogP contribution in [-0.2, 0) is 0 Å². The van der Waals surface area contributed by atoms with E-state index >= 15 is 0 Å². The van der Waals surface area contributed by atoms with Gasteiger partial charge in [-0.3, -0.25) is 9.59 Å². The predicted octanol–water partition coefficient (Wildman–Crippen LogP) is 4.66. The lowest BCUT2D eigenvalue weighted by molar-refractivity contribution is 0.0926. The number of benzene rings is 2. The van der Waals surface area contributed by atoms with E-state index in [4.69, 9.17) is 11.6 Å². The number of amides is 2. The van der Waals surface area contributed by atoms with E-state index in [1.807, 2.05) is 26.0 Å². The average Bonchev–Trinajstić information content (AvgIpc) is 2.73. The SMILES string of the molecule is Cc1ccc(Sc2ncccc2C(=O)NCCNC(=O)c2ccccc2Cl)c(C)c1. The van der Waals surface area contributed by atoms with Gasteiger partial charge in [0, 0.05) is 24.2 Å². The zero-order valence-corrected chi connectivity index (χ0v) is 18.3. The normalized spacial score (nSPS) is 10.5. The van der Waals surface area contributed by atoms with E-state index in [2.05, 4.69) is 21.7 Å². The number of halogens is 1. The molecule has 2 aromatic carbocycles. The Bertz CT molecular complexity index is 1070. The second kappa shape index (κ2) is 10.3. The molecule has 0 aliphatic heterocycles. The molecule has 1 heterocycles. The molecule has 5 nitrogen and oxygen atoms in total. The first-order valence-corrected chi connectivity index (χ1v) is 10.7. The minimum atomic E-state index is -0.276. The zero-order valence-electron chi connectivity index (χ0n) is 16.7. The summed E-state index contributed by atoms with van der Waals surface area (Å²) in [5.74, 6) is -0.510. The molecule has 0 aliphatic rings. The molecule has 0 aliphatic carbocycles. The third-order valence-electron chi connectivity index (χ3n) is 4.37. The van der Waals surface area contributed by atoms with Gasteiger partial charge in [0.2, 0.25) is 0 Å². The van der Waals surface area contributed by atoms with E-state index in [0.717, 1.165) is 10.5 Å². The Kier molecular flexibility index (Phi) is 7.49. The van der Waals surface area contributed by atoms with Crippen molar-refractivity contribution in [2.45, 2.75) is 23.8 Å². The van der Waals surface area contributed by atoms with Crippen LogP contribution in [-0.4, -0.2) is 29.9 Å². The van der Waals surface area contributed by atoms with Gasteiger partial charge in [0.25, 0.3) is 11.8 Å². The van der Waals surface area contributed by atoms with Gasteiger partial charge in [-0.25, -0.2) is 4.98 Å². The zero-order chi connectivity index (χ0) is 21.5. The van der Waals surface area contributed by atoms with Gasteiger partial charge in [-0.05, 0) is 49.7 Å². The average molecular weight is 440 g/mol. The van der Waals surface area contributed by atoms with Crippen LogP contribution in [0.3, 0.4) is 0 Å². The van der Waals surface area contributed by atoms with Crippen LogP contribution in [0.2, 0.25) is 5.02 Å². The summed E-state index contributed by atoms with van der Waals surface area (Å²) in [6.07, 6.45) is 1.67. The third-order valence-corrected chi connectivity index (χ3v) is 5.89. The largest absolute Gasteiger partial charge is 0.350 e. The highest BCUT2D eigenvalue weighted by Gasteiger charge is 2.14. The van der Waals surface area contributed by atoms with Crippen LogP contribution < -0.4 is 10.6 Å². The quantitative estimate of drug-likeness (QED) is 0.525. The lowest BCUT2D eigenvalue weighted by Crippen LogP contribution is -2.35. The first-order valence-electron chi connectivity index (χ1n) is 9.47. The maximum Gasteiger partial charge on any atom is 0.254 e. The molecule has 154 valence electrons. The number of nitrogens with zero attached hydrogens (tertiary/aromatic N) is 1. The van der Waals surface area contributed by atoms with Crippen LogP contribution in [0.1, 0.15) is 31.8 Å². The first kappa shape index (κ1) is 21.9. The lowest BCUT2D eigenvalue weighted by atomic mass is 10.2. The fourth-order valence-corrected chi connectivity index (χ4v) is 4.02. The number of rotatable bonds is 7. The van der Waals surface area contributed by atoms with Crippen molar-refractivity contribution < 1.29 is 9.59 Å². The van der Waals surface area contributed by atoms with E-state index in [9.17, 15) is 9.59 Å². The van der Waals surface area contributed by atoms with Crippen LogP contribution in [0.25, 0.3) is 0 Å². The molecule has 0 saturated carbocycles. The Labute approximate surface area is 185 Å². The van der Waals surface area contributed by atoms with Crippen molar-refractivity contribution in [3.8, 4) is 0 Å². The van der Waals surface area contributed by atoms with Crippen LogP contribution in [0.5, 0.6) is 0 Å². The van der Waals surface area contributed by atoms with Crippen molar-refractivity contribution in [2.24, 2.45) is 0 Å². The van der Waals surface area contributed by atoms with E-state index in [1.54, 1.807) is 42.6 Å². The van der Waals surface area contributed by atoms with Crippen molar-refractivity contribution >= 4 is 35.2 Å². The Morgan fingerprint density at radius 2 is 1.60 bits per heavy atom. The molecule has 3 aromatic rings. The second-order valence-electron chi connectivity index (χ2n) is 6.72. The van der Waals surface area contributed by atoms with Crippen LogP contribution in [0, 0.1) is 13.8 Å². The van der Waals surface area contributed by atoms with E-state index in [-0.39, 0.29) is 24.9 Å². The number of hydrogen-bond acceptors (Lipinski definition) is 4. The summed E-state index contributed by atoms with van der Waals surface area (Å²) in [6, 6.07) is 16.5. The molecule has 0 bridgehead atoms. The van der Waals surface area contributed by atoms with Crippen molar-refractivity contribution in [1.29, 1.82) is 0 Å². The highest BCUT2D eigenvalue weighted by atomic mass is 35.5. The molecule has 7 heteroatoms. The molecule has 1 aromatic heterocycles. The molecule has 0 atom stereocenters. The van der Waals surface area contributed by atoms with Crippen molar-refractivity contribution in [1.82, 2.24) is 15.6 Å². The molecule has 2 N–H and O–H groups in total. The molecule has 30 heavy (non-hydrogen) atoms. The number of hydrogen-bond donors (Lipinski definition) is 2. The van der Waals surface area contributed by atoms with E-state index in [1.165, 1.54) is 17.3 Å². The Balaban J connectivity index is 1.58. The van der Waals surface area contributed by atoms with Gasteiger partial charge >= 0.3 is 0 Å². The minimum Gasteiger partial charge on any atom is -0.350 e. The topological polar surface area (TPSA) is 71.1 Å². The molecule has 0 spiro atoms. The number of nitrogens with one attached hydrogen (secondary N) is 2. The van der Waals surface area contributed by atoms with Gasteiger partial charge in [0.15, 0.2) is 0 Å². The number of carbonyl (C=O) groups is 2. The van der Waals surface area contributed by atoms with E-state index in [0.29, 0.717) is 21.2 Å². The number of pyridine rings is 1. The van der Waals surface area contributed by atoms with Gasteiger partial charge in [-0.1, -0.05) is 53.2 Å². The molecule has 3 rings (SSSR count). The maximum absolute atomic E-state index is 12.7. The highest BCUT2D eigenvalue weighted by molar-refractivity contribution is 7.99. The van der Waals surface area contributed by atoms with Crippen molar-refractivity contribution in [2.75, 3.05) is 13.1 Å². The Morgan fingerprint density at radius 3 is 2.30 bits per heavy atom. The smallest absolute Gasteiger partial charge is 0.254 e. The fraction of sp³-hybridized carbons (Fsp3) is 0.174. The Hall–Kier alpha value is -2.83. The van der Waals surface area contributed by atoms with Gasteiger partial charge in [0.05, 0.1) is 16.1 Å². The van der Waals surface area contributed by atoms with Gasteiger partial charge in [-0.15, -0.1) is 0 Å². The molecule has 0 radical (unpaired) electrons. The Morgan fingerprint density at radius 1 is 0.933 bits per heavy atom. The highest BCUT2D eigenvalue weighted by Crippen LogP contribution is 2.31. The maximum atomic E-state index is 12.7. The minimum absolute atomic E-state index is 0.234. The summed E-state index contributed by atoms with van der Waals surface area (Å²) in [6.45, 7) is 4.67. The molecule has 2 amide bonds. The summed E-state index contributed by atoms with van der Waals surface area (Å²) in [4.78, 5) is 30.3. The first-order chi connectivity index (χ1) is 14.5. The van der Waals surface area contributed by atoms with Gasteiger partial charge in [-0.2, -0.15) is 0 Å². The lowest BCUT2D eigenvalue weighted by Gasteiger charge is -2.11. The summed E-state index contributed by atoms with van der Waals surface area (Å²) < 4.78 is 0. The fourth-order valence-electron chi connectivity index (χ4n) is 2.85. The summed E-state index contributed by atoms with van der Waals surface area (Å²) >= 11 is 7.49. The monoisotopic (exact) mass is 439 g/mol. The molecule has 0 fully saturated rings. The molecular formula is C23H22ClN3O2S. The number of carbonyl (C=O) groups excluding carboxylic acids is 2. The molecule has 0 unspecified atom stereocenters. The molecular weight excluding hydrogens is 418 g/mol. The second-order valence-corrected chi connectivity index (χ2v) is 8.16. The van der Waals surface area contributed by atoms with Gasteiger partial charge < -0.3 is 10.6 Å². The van der Waals surface area contributed by atoms with Crippen molar-refractivity contribution in [3.05, 3.63) is 88.1 Å². The molecule has 0 saturated heterocycles. The van der Waals surface area contributed by atoms with E-state index < -0.39 is 0 Å². The summed E-state index contributed by atoms with van der Waals surface area (Å²) in [5, 5.41) is 6.62. The summed E-state index contributed by atoms with van der Waals surface area (Å²) in [5.41, 5.74) is 3.23. The standard InChI is InChI=1S/C23H22ClN3O2S/c1-15-9-10-20(16(2)14-15)30-23-18(7-5-11-27-23)22(29)26-13-12-25-21(28)17-6-3-4-8-19(17)24/h3-11,14H,12-13H2,1-2H3,(H,25,28)(H,26,29). The van der Waals surface area contributed by atoms with Crippen LogP contribution in [0.15, 0.2) is 70.7 Å². The van der Waals surface area contributed by atoms with Crippen LogP contribution >= 0.6 is 23.4 Å². The number of aromatic nitrogens is 1. The van der Waals surface area contributed by atoms with Crippen molar-refractivity contribution in [3.63, 3.8) is 0 Å². The summed E-state index contributed by atoms with van der Waals surface area (Å²) in [7, 11) is 0.